The highest BCUT2D eigenvalue weighted by molar-refractivity contribution is 5.44. The average molecular weight is 193 g/mol. The Morgan fingerprint density at radius 1 is 1.57 bits per heavy atom. The van der Waals surface area contributed by atoms with Crippen molar-refractivity contribution < 1.29 is 4.92 Å². The summed E-state index contributed by atoms with van der Waals surface area (Å²) in [6.45, 7) is 4.15. The molecule has 0 bridgehead atoms. The van der Waals surface area contributed by atoms with Gasteiger partial charge in [0.2, 0.25) is 0 Å². The number of rotatable bonds is 2. The smallest absolute Gasteiger partial charge is 0.287 e. The molecule has 74 valence electrons. The van der Waals surface area contributed by atoms with Crippen LogP contribution in [0.5, 0.6) is 0 Å². The number of aromatic nitrogens is 1. The van der Waals surface area contributed by atoms with Gasteiger partial charge in [-0.2, -0.15) is 0 Å². The molecular formula is C9H11N3O2. The standard InChI is InChI=1S/C9H11N3O2/c1-7-5-11(6-7)9-3-2-8(4-10-9)12(13)14/h2-4,7H,5-6H2,1H3. The lowest BCUT2D eigenvalue weighted by Gasteiger charge is -2.38. The molecule has 0 amide bonds. The molecule has 1 fully saturated rings. The van der Waals surface area contributed by atoms with Gasteiger partial charge in [0, 0.05) is 19.2 Å². The number of nitro groups is 1. The van der Waals surface area contributed by atoms with E-state index in [0.29, 0.717) is 5.92 Å². The third-order valence-electron chi connectivity index (χ3n) is 2.33. The van der Waals surface area contributed by atoms with Crippen molar-refractivity contribution >= 4 is 11.5 Å². The van der Waals surface area contributed by atoms with Crippen LogP contribution < -0.4 is 4.90 Å². The summed E-state index contributed by atoms with van der Waals surface area (Å²) in [5, 5.41) is 10.4. The van der Waals surface area contributed by atoms with Crippen LogP contribution in [0, 0.1) is 16.0 Å². The predicted octanol–water partition coefficient (Wildman–Crippen LogP) is 1.45. The minimum Gasteiger partial charge on any atom is -0.356 e. The van der Waals surface area contributed by atoms with Crippen LogP contribution in [0.2, 0.25) is 0 Å². The highest BCUT2D eigenvalue weighted by Gasteiger charge is 2.23. The Morgan fingerprint density at radius 3 is 2.71 bits per heavy atom. The first-order valence-electron chi connectivity index (χ1n) is 4.52. The van der Waals surface area contributed by atoms with Crippen LogP contribution in [-0.2, 0) is 0 Å². The lowest BCUT2D eigenvalue weighted by atomic mass is 10.0. The van der Waals surface area contributed by atoms with E-state index in [2.05, 4.69) is 16.8 Å². The van der Waals surface area contributed by atoms with Crippen LogP contribution in [0.3, 0.4) is 0 Å². The maximum Gasteiger partial charge on any atom is 0.287 e. The molecule has 5 heteroatoms. The lowest BCUT2D eigenvalue weighted by Crippen LogP contribution is -2.45. The van der Waals surface area contributed by atoms with Gasteiger partial charge >= 0.3 is 0 Å². The molecule has 0 unspecified atom stereocenters. The van der Waals surface area contributed by atoms with E-state index in [1.807, 2.05) is 0 Å². The monoisotopic (exact) mass is 193 g/mol. The van der Waals surface area contributed by atoms with Crippen LogP contribution >= 0.6 is 0 Å². The molecule has 0 aliphatic carbocycles. The van der Waals surface area contributed by atoms with Crippen molar-refractivity contribution in [1.29, 1.82) is 0 Å². The molecule has 1 aliphatic heterocycles. The molecule has 1 aliphatic rings. The van der Waals surface area contributed by atoms with E-state index >= 15 is 0 Å². The second kappa shape index (κ2) is 3.25. The third kappa shape index (κ3) is 1.53. The summed E-state index contributed by atoms with van der Waals surface area (Å²) in [6.07, 6.45) is 1.30. The fourth-order valence-electron chi connectivity index (χ4n) is 1.56. The zero-order chi connectivity index (χ0) is 10.1. The Hall–Kier alpha value is -1.65. The molecule has 0 atom stereocenters. The van der Waals surface area contributed by atoms with Gasteiger partial charge < -0.3 is 4.90 Å². The number of pyridine rings is 1. The Labute approximate surface area is 81.5 Å². The van der Waals surface area contributed by atoms with E-state index < -0.39 is 4.92 Å². The van der Waals surface area contributed by atoms with E-state index in [9.17, 15) is 10.1 Å². The molecule has 5 nitrogen and oxygen atoms in total. The van der Waals surface area contributed by atoms with Gasteiger partial charge in [-0.15, -0.1) is 0 Å². The molecule has 1 saturated heterocycles. The Balaban J connectivity index is 2.10. The maximum absolute atomic E-state index is 10.4. The summed E-state index contributed by atoms with van der Waals surface area (Å²) in [6, 6.07) is 3.19. The molecule has 2 rings (SSSR count). The first-order valence-corrected chi connectivity index (χ1v) is 4.52. The molecule has 0 radical (unpaired) electrons. The topological polar surface area (TPSA) is 59.3 Å². The summed E-state index contributed by atoms with van der Waals surface area (Å²) in [5.41, 5.74) is 0.0438. The van der Waals surface area contributed by atoms with Crippen molar-refractivity contribution in [3.8, 4) is 0 Å². The van der Waals surface area contributed by atoms with Gasteiger partial charge in [0.1, 0.15) is 12.0 Å². The first kappa shape index (κ1) is 8.93. The minimum atomic E-state index is -0.435. The summed E-state index contributed by atoms with van der Waals surface area (Å²) < 4.78 is 0. The molecule has 0 aromatic carbocycles. The maximum atomic E-state index is 10.4. The molecule has 1 aromatic heterocycles. The Morgan fingerprint density at radius 2 is 2.29 bits per heavy atom. The van der Waals surface area contributed by atoms with E-state index in [0.717, 1.165) is 18.9 Å². The van der Waals surface area contributed by atoms with Gasteiger partial charge in [-0.1, -0.05) is 6.92 Å². The molecular weight excluding hydrogens is 182 g/mol. The van der Waals surface area contributed by atoms with Crippen molar-refractivity contribution in [2.45, 2.75) is 6.92 Å². The molecule has 0 spiro atoms. The van der Waals surface area contributed by atoms with Gasteiger partial charge in [0.05, 0.1) is 4.92 Å². The van der Waals surface area contributed by atoms with Gasteiger partial charge in [-0.05, 0) is 12.0 Å². The fourth-order valence-corrected chi connectivity index (χ4v) is 1.56. The number of anilines is 1. The van der Waals surface area contributed by atoms with Crippen molar-refractivity contribution in [2.24, 2.45) is 5.92 Å². The van der Waals surface area contributed by atoms with Gasteiger partial charge in [0.15, 0.2) is 0 Å². The molecule has 0 N–H and O–H groups in total. The van der Waals surface area contributed by atoms with Crippen LogP contribution in [0.1, 0.15) is 6.92 Å². The summed E-state index contributed by atoms with van der Waals surface area (Å²) in [4.78, 5) is 16.1. The summed E-state index contributed by atoms with van der Waals surface area (Å²) in [5.74, 6) is 1.53. The average Bonchev–Trinajstić information content (AvgIpc) is 2.13. The quantitative estimate of drug-likeness (QED) is 0.526. The van der Waals surface area contributed by atoms with Crippen molar-refractivity contribution in [1.82, 2.24) is 4.98 Å². The van der Waals surface area contributed by atoms with Gasteiger partial charge in [-0.3, -0.25) is 10.1 Å². The van der Waals surface area contributed by atoms with E-state index in [1.165, 1.54) is 12.3 Å². The molecule has 2 heterocycles. The zero-order valence-electron chi connectivity index (χ0n) is 7.88. The highest BCUT2D eigenvalue weighted by Crippen LogP contribution is 2.23. The summed E-state index contributed by atoms with van der Waals surface area (Å²) >= 11 is 0. The Bertz CT molecular complexity index is 344. The number of hydrogen-bond acceptors (Lipinski definition) is 4. The number of hydrogen-bond donors (Lipinski definition) is 0. The second-order valence-electron chi connectivity index (χ2n) is 3.64. The van der Waals surface area contributed by atoms with Crippen molar-refractivity contribution in [3.05, 3.63) is 28.4 Å². The summed E-state index contributed by atoms with van der Waals surface area (Å²) in [7, 11) is 0. The van der Waals surface area contributed by atoms with Crippen LogP contribution in [-0.4, -0.2) is 23.0 Å². The van der Waals surface area contributed by atoms with Crippen LogP contribution in [0.15, 0.2) is 18.3 Å². The molecule has 14 heavy (non-hydrogen) atoms. The van der Waals surface area contributed by atoms with E-state index in [-0.39, 0.29) is 5.69 Å². The van der Waals surface area contributed by atoms with Gasteiger partial charge in [-0.25, -0.2) is 4.98 Å². The van der Waals surface area contributed by atoms with Crippen LogP contribution in [0.25, 0.3) is 0 Å². The first-order chi connectivity index (χ1) is 6.66. The van der Waals surface area contributed by atoms with E-state index in [4.69, 9.17) is 0 Å². The van der Waals surface area contributed by atoms with E-state index in [1.54, 1.807) is 6.07 Å². The highest BCUT2D eigenvalue weighted by atomic mass is 16.6. The third-order valence-corrected chi connectivity index (χ3v) is 2.33. The molecule has 0 saturated carbocycles. The molecule has 1 aromatic rings. The lowest BCUT2D eigenvalue weighted by molar-refractivity contribution is -0.385. The predicted molar refractivity (Wildman–Crippen MR) is 52.3 cm³/mol. The zero-order valence-corrected chi connectivity index (χ0v) is 7.88. The van der Waals surface area contributed by atoms with Crippen molar-refractivity contribution in [3.63, 3.8) is 0 Å². The fraction of sp³-hybridized carbons (Fsp3) is 0.444. The normalized spacial score (nSPS) is 16.5. The van der Waals surface area contributed by atoms with Crippen LogP contribution in [0.4, 0.5) is 11.5 Å². The van der Waals surface area contributed by atoms with Gasteiger partial charge in [0.25, 0.3) is 5.69 Å². The second-order valence-corrected chi connectivity index (χ2v) is 3.64. The number of nitrogens with zero attached hydrogens (tertiary/aromatic N) is 3. The largest absolute Gasteiger partial charge is 0.356 e. The SMILES string of the molecule is CC1CN(c2ccc([N+](=O)[O-])cn2)C1. The van der Waals surface area contributed by atoms with Crippen molar-refractivity contribution in [2.75, 3.05) is 18.0 Å². The minimum absolute atomic E-state index is 0.0438. The Kier molecular flexibility index (Phi) is 2.07.